The highest BCUT2D eigenvalue weighted by Gasteiger charge is 2.34. The monoisotopic (exact) mass is 170 g/mol. The number of carbonyl (C=O) groups is 1. The lowest BCUT2D eigenvalue weighted by molar-refractivity contribution is -0.130. The molecule has 0 aromatic heterocycles. The summed E-state index contributed by atoms with van der Waals surface area (Å²) >= 11 is 0. The van der Waals surface area contributed by atoms with E-state index in [0.717, 1.165) is 6.42 Å². The summed E-state index contributed by atoms with van der Waals surface area (Å²) in [5, 5.41) is 0. The smallest absolute Gasteiger partial charge is 0.143 e. The van der Waals surface area contributed by atoms with E-state index >= 15 is 0 Å². The summed E-state index contributed by atoms with van der Waals surface area (Å²) in [6.07, 6.45) is 1.16. The van der Waals surface area contributed by atoms with E-state index < -0.39 is 0 Å². The standard InChI is InChI=1S/C10H18O2/c1-7-5-8(6-12-7)9(11)10(2,3)4/h7-8H,5-6H2,1-4H3. The third-order valence-electron chi connectivity index (χ3n) is 2.31. The normalized spacial score (nSPS) is 30.7. The van der Waals surface area contributed by atoms with Gasteiger partial charge in [-0.25, -0.2) is 0 Å². The fourth-order valence-corrected chi connectivity index (χ4v) is 1.61. The van der Waals surface area contributed by atoms with Crippen LogP contribution in [0.5, 0.6) is 0 Å². The second-order valence-corrected chi connectivity index (χ2v) is 4.69. The molecule has 0 radical (unpaired) electrons. The van der Waals surface area contributed by atoms with Gasteiger partial charge in [0.05, 0.1) is 12.7 Å². The molecular weight excluding hydrogens is 152 g/mol. The minimum atomic E-state index is -0.210. The van der Waals surface area contributed by atoms with Crippen LogP contribution >= 0.6 is 0 Å². The molecule has 2 heteroatoms. The van der Waals surface area contributed by atoms with Crippen molar-refractivity contribution in [3.05, 3.63) is 0 Å². The SMILES string of the molecule is CC1CC(C(=O)C(C)(C)C)CO1. The summed E-state index contributed by atoms with van der Waals surface area (Å²) in [6.45, 7) is 8.56. The highest BCUT2D eigenvalue weighted by Crippen LogP contribution is 2.28. The molecule has 1 saturated heterocycles. The molecule has 1 heterocycles. The molecule has 0 amide bonds. The van der Waals surface area contributed by atoms with Crippen LogP contribution in [-0.4, -0.2) is 18.5 Å². The molecule has 1 fully saturated rings. The van der Waals surface area contributed by atoms with Gasteiger partial charge in [0.1, 0.15) is 5.78 Å². The highest BCUT2D eigenvalue weighted by atomic mass is 16.5. The Morgan fingerprint density at radius 1 is 1.42 bits per heavy atom. The quantitative estimate of drug-likeness (QED) is 0.602. The van der Waals surface area contributed by atoms with Crippen LogP contribution in [0.15, 0.2) is 0 Å². The van der Waals surface area contributed by atoms with Crippen molar-refractivity contribution in [2.75, 3.05) is 6.61 Å². The third-order valence-corrected chi connectivity index (χ3v) is 2.31. The van der Waals surface area contributed by atoms with Gasteiger partial charge >= 0.3 is 0 Å². The molecule has 1 aliphatic rings. The predicted octanol–water partition coefficient (Wildman–Crippen LogP) is 2.03. The number of Topliss-reactive ketones (excluding diaryl/α,β-unsaturated/α-hetero) is 1. The molecule has 0 saturated carbocycles. The first-order valence-corrected chi connectivity index (χ1v) is 4.57. The van der Waals surface area contributed by atoms with Crippen LogP contribution in [0.3, 0.4) is 0 Å². The number of hydrogen-bond donors (Lipinski definition) is 0. The van der Waals surface area contributed by atoms with Gasteiger partial charge in [0.25, 0.3) is 0 Å². The van der Waals surface area contributed by atoms with Gasteiger partial charge in [-0.1, -0.05) is 20.8 Å². The summed E-state index contributed by atoms with van der Waals surface area (Å²) in [7, 11) is 0. The van der Waals surface area contributed by atoms with E-state index in [9.17, 15) is 4.79 Å². The maximum Gasteiger partial charge on any atom is 0.143 e. The Labute approximate surface area is 74.3 Å². The molecule has 2 nitrogen and oxygen atoms in total. The van der Waals surface area contributed by atoms with E-state index in [4.69, 9.17) is 4.74 Å². The maximum absolute atomic E-state index is 11.7. The molecular formula is C10H18O2. The van der Waals surface area contributed by atoms with Crippen LogP contribution < -0.4 is 0 Å². The van der Waals surface area contributed by atoms with Gasteiger partial charge in [-0.2, -0.15) is 0 Å². The van der Waals surface area contributed by atoms with Crippen molar-refractivity contribution >= 4 is 5.78 Å². The molecule has 0 N–H and O–H groups in total. The molecule has 1 aliphatic heterocycles. The first kappa shape index (κ1) is 9.72. The van der Waals surface area contributed by atoms with Gasteiger partial charge in [-0.15, -0.1) is 0 Å². The summed E-state index contributed by atoms with van der Waals surface area (Å²) in [5.74, 6) is 0.479. The van der Waals surface area contributed by atoms with E-state index in [1.807, 2.05) is 27.7 Å². The van der Waals surface area contributed by atoms with Gasteiger partial charge in [-0.05, 0) is 13.3 Å². The van der Waals surface area contributed by atoms with E-state index in [1.165, 1.54) is 0 Å². The minimum absolute atomic E-state index is 0.139. The summed E-state index contributed by atoms with van der Waals surface area (Å²) in [5.41, 5.74) is -0.210. The zero-order valence-electron chi connectivity index (χ0n) is 8.39. The highest BCUT2D eigenvalue weighted by molar-refractivity contribution is 5.86. The van der Waals surface area contributed by atoms with Crippen LogP contribution in [0, 0.1) is 11.3 Å². The Balaban J connectivity index is 2.55. The fraction of sp³-hybridized carbons (Fsp3) is 0.900. The van der Waals surface area contributed by atoms with Crippen molar-refractivity contribution in [3.8, 4) is 0 Å². The molecule has 2 unspecified atom stereocenters. The average molecular weight is 170 g/mol. The van der Waals surface area contributed by atoms with Crippen molar-refractivity contribution in [3.63, 3.8) is 0 Å². The minimum Gasteiger partial charge on any atom is -0.378 e. The van der Waals surface area contributed by atoms with Gasteiger partial charge in [0.15, 0.2) is 0 Å². The zero-order valence-corrected chi connectivity index (χ0v) is 8.39. The van der Waals surface area contributed by atoms with Crippen molar-refractivity contribution < 1.29 is 9.53 Å². The van der Waals surface area contributed by atoms with E-state index in [2.05, 4.69) is 0 Å². The molecule has 12 heavy (non-hydrogen) atoms. The predicted molar refractivity (Wildman–Crippen MR) is 48.0 cm³/mol. The largest absolute Gasteiger partial charge is 0.378 e. The Kier molecular flexibility index (Phi) is 2.57. The molecule has 0 spiro atoms. The Morgan fingerprint density at radius 2 is 2.00 bits per heavy atom. The van der Waals surface area contributed by atoms with Crippen molar-refractivity contribution in [2.45, 2.75) is 40.2 Å². The molecule has 0 aromatic rings. The molecule has 0 bridgehead atoms. The topological polar surface area (TPSA) is 26.3 Å². The first-order chi connectivity index (χ1) is 5.41. The van der Waals surface area contributed by atoms with Crippen molar-refractivity contribution in [1.82, 2.24) is 0 Å². The second kappa shape index (κ2) is 3.17. The number of rotatable bonds is 1. The average Bonchev–Trinajstić information content (AvgIpc) is 2.32. The van der Waals surface area contributed by atoms with E-state index in [-0.39, 0.29) is 17.4 Å². The number of ether oxygens (including phenoxy) is 1. The lowest BCUT2D eigenvalue weighted by atomic mass is 9.82. The Hall–Kier alpha value is -0.370. The molecule has 70 valence electrons. The third kappa shape index (κ3) is 2.07. The fourth-order valence-electron chi connectivity index (χ4n) is 1.61. The maximum atomic E-state index is 11.7. The molecule has 2 atom stereocenters. The second-order valence-electron chi connectivity index (χ2n) is 4.69. The molecule has 0 aromatic carbocycles. The molecule has 1 rings (SSSR count). The number of ketones is 1. The van der Waals surface area contributed by atoms with Crippen LogP contribution in [0.25, 0.3) is 0 Å². The van der Waals surface area contributed by atoms with Crippen LogP contribution in [0.2, 0.25) is 0 Å². The Bertz CT molecular complexity index is 179. The van der Waals surface area contributed by atoms with Gasteiger partial charge < -0.3 is 4.74 Å². The van der Waals surface area contributed by atoms with Crippen LogP contribution in [0.4, 0.5) is 0 Å². The summed E-state index contributed by atoms with van der Waals surface area (Å²) in [4.78, 5) is 11.7. The van der Waals surface area contributed by atoms with Gasteiger partial charge in [-0.3, -0.25) is 4.79 Å². The zero-order chi connectivity index (χ0) is 9.35. The number of hydrogen-bond acceptors (Lipinski definition) is 2. The van der Waals surface area contributed by atoms with Crippen LogP contribution in [0.1, 0.15) is 34.1 Å². The van der Waals surface area contributed by atoms with Crippen molar-refractivity contribution in [2.24, 2.45) is 11.3 Å². The van der Waals surface area contributed by atoms with Crippen LogP contribution in [-0.2, 0) is 9.53 Å². The van der Waals surface area contributed by atoms with E-state index in [1.54, 1.807) is 0 Å². The summed E-state index contributed by atoms with van der Waals surface area (Å²) < 4.78 is 5.36. The van der Waals surface area contributed by atoms with Gasteiger partial charge in [0, 0.05) is 11.3 Å². The summed E-state index contributed by atoms with van der Waals surface area (Å²) in [6, 6.07) is 0. The number of carbonyl (C=O) groups excluding carboxylic acids is 1. The van der Waals surface area contributed by atoms with E-state index in [0.29, 0.717) is 12.4 Å². The first-order valence-electron chi connectivity index (χ1n) is 4.57. The van der Waals surface area contributed by atoms with Gasteiger partial charge in [0.2, 0.25) is 0 Å². The Morgan fingerprint density at radius 3 is 2.33 bits per heavy atom. The molecule has 0 aliphatic carbocycles. The lowest BCUT2D eigenvalue weighted by Gasteiger charge is -2.20. The lowest BCUT2D eigenvalue weighted by Crippen LogP contribution is -2.28. The van der Waals surface area contributed by atoms with Crippen molar-refractivity contribution in [1.29, 1.82) is 0 Å².